The van der Waals surface area contributed by atoms with Crippen molar-refractivity contribution in [1.82, 2.24) is 0 Å². The van der Waals surface area contributed by atoms with Gasteiger partial charge < -0.3 is 11.1 Å². The molecule has 104 valence electrons. The molecule has 0 saturated heterocycles. The fraction of sp³-hybridized carbons (Fsp3) is 0.133. The lowest BCUT2D eigenvalue weighted by Gasteiger charge is -2.12. The molecule has 1 amide bonds. The van der Waals surface area contributed by atoms with Gasteiger partial charge in [-0.1, -0.05) is 17.7 Å². The molecule has 0 aliphatic rings. The fourth-order valence-corrected chi connectivity index (χ4v) is 2.68. The third kappa shape index (κ3) is 4.18. The largest absolute Gasteiger partial charge is 0.399 e. The molecule has 0 fully saturated rings. The molecule has 0 saturated carbocycles. The first kappa shape index (κ1) is 14.8. The molecule has 2 aromatic rings. The van der Waals surface area contributed by atoms with E-state index in [2.05, 4.69) is 5.32 Å². The highest BCUT2D eigenvalue weighted by atomic mass is 35.5. The Bertz CT molecular complexity index is 601. The fourth-order valence-electron chi connectivity index (χ4n) is 1.62. The van der Waals surface area contributed by atoms with E-state index in [1.807, 2.05) is 31.2 Å². The van der Waals surface area contributed by atoms with Crippen LogP contribution in [0, 0.1) is 0 Å². The maximum Gasteiger partial charge on any atom is 0.237 e. The summed E-state index contributed by atoms with van der Waals surface area (Å²) in [6.45, 7) is 1.86. The number of nitrogen functional groups attached to an aromatic ring is 1. The van der Waals surface area contributed by atoms with Gasteiger partial charge >= 0.3 is 0 Å². The maximum atomic E-state index is 12.1. The zero-order chi connectivity index (χ0) is 14.5. The zero-order valence-electron chi connectivity index (χ0n) is 11.0. The number of anilines is 2. The number of nitrogens with two attached hydrogens (primary N) is 1. The van der Waals surface area contributed by atoms with Crippen LogP contribution >= 0.6 is 23.4 Å². The number of rotatable bonds is 4. The van der Waals surface area contributed by atoms with Crippen LogP contribution < -0.4 is 11.1 Å². The minimum Gasteiger partial charge on any atom is -0.399 e. The second-order valence-electron chi connectivity index (χ2n) is 4.33. The van der Waals surface area contributed by atoms with Crippen molar-refractivity contribution in [3.63, 3.8) is 0 Å². The highest BCUT2D eigenvalue weighted by Gasteiger charge is 2.14. The van der Waals surface area contributed by atoms with E-state index in [9.17, 15) is 4.79 Å². The summed E-state index contributed by atoms with van der Waals surface area (Å²) in [6.07, 6.45) is 0. The van der Waals surface area contributed by atoms with Crippen LogP contribution in [0.25, 0.3) is 0 Å². The van der Waals surface area contributed by atoms with Crippen LogP contribution in [0.3, 0.4) is 0 Å². The lowest BCUT2D eigenvalue weighted by atomic mass is 10.3. The normalized spacial score (nSPS) is 11.9. The Balaban J connectivity index is 1.96. The van der Waals surface area contributed by atoms with Crippen LogP contribution in [0.15, 0.2) is 53.4 Å². The van der Waals surface area contributed by atoms with E-state index in [1.165, 1.54) is 11.8 Å². The van der Waals surface area contributed by atoms with Crippen molar-refractivity contribution < 1.29 is 4.79 Å². The van der Waals surface area contributed by atoms with Crippen molar-refractivity contribution in [3.8, 4) is 0 Å². The molecule has 0 spiro atoms. The molecule has 0 radical (unpaired) electrons. The molecular formula is C15H15ClN2OS. The second-order valence-corrected chi connectivity index (χ2v) is 6.18. The Morgan fingerprint density at radius 2 is 1.95 bits per heavy atom. The summed E-state index contributed by atoms with van der Waals surface area (Å²) in [4.78, 5) is 13.1. The van der Waals surface area contributed by atoms with Crippen LogP contribution in [0.2, 0.25) is 5.02 Å². The van der Waals surface area contributed by atoms with E-state index in [1.54, 1.807) is 24.3 Å². The second kappa shape index (κ2) is 6.68. The molecule has 2 aromatic carbocycles. The molecule has 2 rings (SSSR count). The standard InChI is InChI=1S/C15H15ClN2OS/c1-10(20-14-4-2-3-12(17)9-14)15(19)18-13-7-5-11(16)6-8-13/h2-10H,17H2,1H3,(H,18,19). The van der Waals surface area contributed by atoms with Crippen molar-refractivity contribution in [3.05, 3.63) is 53.6 Å². The zero-order valence-corrected chi connectivity index (χ0v) is 12.5. The number of nitrogens with one attached hydrogen (secondary N) is 1. The molecule has 0 aliphatic carbocycles. The van der Waals surface area contributed by atoms with Crippen molar-refractivity contribution in [2.24, 2.45) is 0 Å². The van der Waals surface area contributed by atoms with Gasteiger partial charge in [-0.15, -0.1) is 11.8 Å². The number of amides is 1. The van der Waals surface area contributed by atoms with E-state index in [-0.39, 0.29) is 11.2 Å². The SMILES string of the molecule is CC(Sc1cccc(N)c1)C(=O)Nc1ccc(Cl)cc1. The number of carbonyl (C=O) groups excluding carboxylic acids is 1. The highest BCUT2D eigenvalue weighted by molar-refractivity contribution is 8.00. The first-order chi connectivity index (χ1) is 9.54. The van der Waals surface area contributed by atoms with Gasteiger partial charge in [-0.3, -0.25) is 4.79 Å². The molecule has 3 N–H and O–H groups in total. The molecule has 0 heterocycles. The number of hydrogen-bond acceptors (Lipinski definition) is 3. The average molecular weight is 307 g/mol. The first-order valence-corrected chi connectivity index (χ1v) is 7.39. The van der Waals surface area contributed by atoms with Gasteiger partial charge in [0.1, 0.15) is 0 Å². The van der Waals surface area contributed by atoms with Gasteiger partial charge in [0.2, 0.25) is 5.91 Å². The van der Waals surface area contributed by atoms with E-state index < -0.39 is 0 Å². The van der Waals surface area contributed by atoms with Crippen molar-refractivity contribution in [2.75, 3.05) is 11.1 Å². The van der Waals surface area contributed by atoms with Gasteiger partial charge in [0.05, 0.1) is 5.25 Å². The molecular weight excluding hydrogens is 292 g/mol. The Kier molecular flexibility index (Phi) is 4.93. The summed E-state index contributed by atoms with van der Waals surface area (Å²) in [6, 6.07) is 14.5. The molecule has 0 aliphatic heterocycles. The molecule has 3 nitrogen and oxygen atoms in total. The minimum atomic E-state index is -0.215. The van der Waals surface area contributed by atoms with Gasteiger partial charge in [-0.2, -0.15) is 0 Å². The molecule has 1 unspecified atom stereocenters. The highest BCUT2D eigenvalue weighted by Crippen LogP contribution is 2.25. The summed E-state index contributed by atoms with van der Waals surface area (Å²) in [5.41, 5.74) is 7.15. The van der Waals surface area contributed by atoms with Gasteiger partial charge in [0.15, 0.2) is 0 Å². The molecule has 5 heteroatoms. The van der Waals surface area contributed by atoms with E-state index in [0.29, 0.717) is 10.7 Å². The van der Waals surface area contributed by atoms with Crippen LogP contribution in [0.4, 0.5) is 11.4 Å². The topological polar surface area (TPSA) is 55.1 Å². The number of carbonyl (C=O) groups is 1. The molecule has 0 aromatic heterocycles. The number of benzene rings is 2. The third-order valence-electron chi connectivity index (χ3n) is 2.65. The summed E-state index contributed by atoms with van der Waals surface area (Å²) < 4.78 is 0. The Morgan fingerprint density at radius 3 is 2.60 bits per heavy atom. The van der Waals surface area contributed by atoms with Crippen molar-refractivity contribution in [1.29, 1.82) is 0 Å². The van der Waals surface area contributed by atoms with E-state index >= 15 is 0 Å². The Labute approximate surface area is 127 Å². The average Bonchev–Trinajstić information content (AvgIpc) is 2.41. The van der Waals surface area contributed by atoms with Crippen LogP contribution in [0.5, 0.6) is 0 Å². The number of thioether (sulfide) groups is 1. The first-order valence-electron chi connectivity index (χ1n) is 6.13. The van der Waals surface area contributed by atoms with Gasteiger partial charge in [0, 0.05) is 21.3 Å². The monoisotopic (exact) mass is 306 g/mol. The lowest BCUT2D eigenvalue weighted by molar-refractivity contribution is -0.115. The predicted octanol–water partition coefficient (Wildman–Crippen LogP) is 4.04. The van der Waals surface area contributed by atoms with Gasteiger partial charge in [0.25, 0.3) is 0 Å². The van der Waals surface area contributed by atoms with Crippen molar-refractivity contribution in [2.45, 2.75) is 17.1 Å². The number of halogens is 1. The third-order valence-corrected chi connectivity index (χ3v) is 4.00. The molecule has 0 bridgehead atoms. The summed E-state index contributed by atoms with van der Waals surface area (Å²) in [7, 11) is 0. The minimum absolute atomic E-state index is 0.0558. The predicted molar refractivity (Wildman–Crippen MR) is 86.3 cm³/mol. The van der Waals surface area contributed by atoms with Crippen LogP contribution in [0.1, 0.15) is 6.92 Å². The van der Waals surface area contributed by atoms with E-state index in [4.69, 9.17) is 17.3 Å². The van der Waals surface area contributed by atoms with Crippen molar-refractivity contribution >= 4 is 40.6 Å². The summed E-state index contributed by atoms with van der Waals surface area (Å²) in [5.74, 6) is -0.0558. The van der Waals surface area contributed by atoms with E-state index in [0.717, 1.165) is 10.6 Å². The molecule has 1 atom stereocenters. The molecule has 20 heavy (non-hydrogen) atoms. The Hall–Kier alpha value is -1.65. The van der Waals surface area contributed by atoms with Crippen LogP contribution in [-0.4, -0.2) is 11.2 Å². The quantitative estimate of drug-likeness (QED) is 0.662. The number of hydrogen-bond donors (Lipinski definition) is 2. The van der Waals surface area contributed by atoms with Gasteiger partial charge in [-0.05, 0) is 49.4 Å². The summed E-state index contributed by atoms with van der Waals surface area (Å²) >= 11 is 7.27. The Morgan fingerprint density at radius 1 is 1.25 bits per heavy atom. The smallest absolute Gasteiger partial charge is 0.237 e. The van der Waals surface area contributed by atoms with Crippen LogP contribution in [-0.2, 0) is 4.79 Å². The van der Waals surface area contributed by atoms with Gasteiger partial charge in [-0.25, -0.2) is 0 Å². The maximum absolute atomic E-state index is 12.1. The summed E-state index contributed by atoms with van der Waals surface area (Å²) in [5, 5.41) is 3.28. The lowest BCUT2D eigenvalue weighted by Crippen LogP contribution is -2.22.